The third kappa shape index (κ3) is 3.17. The van der Waals surface area contributed by atoms with Crippen LogP contribution < -0.4 is 9.80 Å². The van der Waals surface area contributed by atoms with Crippen molar-refractivity contribution in [3.8, 4) is 5.69 Å². The van der Waals surface area contributed by atoms with Gasteiger partial charge in [-0.2, -0.15) is 5.10 Å². The highest BCUT2D eigenvalue weighted by molar-refractivity contribution is 6.35. The molecule has 0 amide bonds. The maximum Gasteiger partial charge on any atom is 0.0896 e. The number of hydrogen-bond acceptors (Lipinski definition) is 4. The van der Waals surface area contributed by atoms with Gasteiger partial charge < -0.3 is 9.80 Å². The van der Waals surface area contributed by atoms with Gasteiger partial charge in [-0.1, -0.05) is 35.9 Å². The Morgan fingerprint density at radius 2 is 1.71 bits per heavy atom. The molecule has 0 bridgehead atoms. The molecule has 0 fully saturated rings. The molecule has 31 heavy (non-hydrogen) atoms. The Morgan fingerprint density at radius 1 is 0.839 bits per heavy atom. The second kappa shape index (κ2) is 7.43. The quantitative estimate of drug-likeness (QED) is 0.451. The molecule has 2 aliphatic rings. The van der Waals surface area contributed by atoms with Gasteiger partial charge in [0.1, 0.15) is 0 Å². The third-order valence-electron chi connectivity index (χ3n) is 6.27. The molecule has 0 spiro atoms. The van der Waals surface area contributed by atoms with E-state index in [1.54, 1.807) is 6.20 Å². The molecule has 0 saturated carbocycles. The molecule has 2 aromatic heterocycles. The van der Waals surface area contributed by atoms with Crippen LogP contribution in [0.15, 0.2) is 73.2 Å². The molecule has 0 N–H and O–H groups in total. The van der Waals surface area contributed by atoms with Crippen molar-refractivity contribution in [3.05, 3.63) is 95.0 Å². The van der Waals surface area contributed by atoms with Gasteiger partial charge in [-0.25, -0.2) is 4.68 Å². The summed E-state index contributed by atoms with van der Waals surface area (Å²) in [5, 5.41) is 5.07. The first-order chi connectivity index (χ1) is 15.3. The van der Waals surface area contributed by atoms with Crippen LogP contribution in [-0.2, 0) is 19.4 Å². The van der Waals surface area contributed by atoms with E-state index < -0.39 is 0 Å². The number of hydrogen-bond donors (Lipinski definition) is 0. The van der Waals surface area contributed by atoms with Gasteiger partial charge in [-0.05, 0) is 47.9 Å². The number of fused-ring (bicyclic) bond motifs is 2. The molecule has 6 rings (SSSR count). The highest BCUT2D eigenvalue weighted by atomic mass is 35.5. The number of nitrogens with zero attached hydrogens (tertiary/aromatic N) is 5. The van der Waals surface area contributed by atoms with E-state index in [1.165, 1.54) is 28.2 Å². The number of para-hydroxylation sites is 1. The third-order valence-corrected chi connectivity index (χ3v) is 6.66. The Balaban J connectivity index is 1.32. The van der Waals surface area contributed by atoms with Crippen molar-refractivity contribution in [2.45, 2.75) is 19.4 Å². The number of pyridine rings is 1. The van der Waals surface area contributed by atoms with Crippen LogP contribution >= 0.6 is 11.6 Å². The summed E-state index contributed by atoms with van der Waals surface area (Å²) in [5.74, 6) is 0. The summed E-state index contributed by atoms with van der Waals surface area (Å²) in [6.45, 7) is 2.70. The van der Waals surface area contributed by atoms with Gasteiger partial charge in [-0.3, -0.25) is 4.98 Å². The molecule has 0 saturated heterocycles. The van der Waals surface area contributed by atoms with Crippen LogP contribution in [0.5, 0.6) is 0 Å². The Hall–Kier alpha value is -3.31. The van der Waals surface area contributed by atoms with Crippen LogP contribution in [0.3, 0.4) is 0 Å². The van der Waals surface area contributed by atoms with E-state index >= 15 is 0 Å². The van der Waals surface area contributed by atoms with Crippen LogP contribution in [0.2, 0.25) is 5.02 Å². The summed E-state index contributed by atoms with van der Waals surface area (Å²) >= 11 is 6.83. The van der Waals surface area contributed by atoms with Gasteiger partial charge in [0.25, 0.3) is 0 Å². The van der Waals surface area contributed by atoms with Gasteiger partial charge >= 0.3 is 0 Å². The molecule has 0 radical (unpaired) electrons. The zero-order valence-electron chi connectivity index (χ0n) is 17.1. The van der Waals surface area contributed by atoms with E-state index in [9.17, 15) is 0 Å². The van der Waals surface area contributed by atoms with Crippen molar-refractivity contribution in [3.63, 3.8) is 0 Å². The maximum absolute atomic E-state index is 6.83. The van der Waals surface area contributed by atoms with Crippen molar-refractivity contribution in [2.24, 2.45) is 0 Å². The Labute approximate surface area is 186 Å². The minimum absolute atomic E-state index is 0.729. The molecule has 0 aliphatic carbocycles. The molecule has 2 aliphatic heterocycles. The number of aromatic nitrogens is 3. The number of rotatable bonds is 3. The minimum atomic E-state index is 0.729. The van der Waals surface area contributed by atoms with Gasteiger partial charge in [0.05, 0.1) is 28.3 Å². The largest absolute Gasteiger partial charge is 0.365 e. The fourth-order valence-corrected chi connectivity index (χ4v) is 5.05. The highest BCUT2D eigenvalue weighted by Crippen LogP contribution is 2.37. The Kier molecular flexibility index (Phi) is 4.42. The lowest BCUT2D eigenvalue weighted by Crippen LogP contribution is -2.31. The molecule has 4 heterocycles. The molecule has 154 valence electrons. The summed E-state index contributed by atoms with van der Waals surface area (Å²) in [4.78, 5) is 9.56. The summed E-state index contributed by atoms with van der Waals surface area (Å²) in [5.41, 5.74) is 8.27. The fraction of sp³-hybridized carbons (Fsp3) is 0.200. The van der Waals surface area contributed by atoms with Gasteiger partial charge in [0, 0.05) is 49.8 Å². The van der Waals surface area contributed by atoms with E-state index in [-0.39, 0.29) is 0 Å². The lowest BCUT2D eigenvalue weighted by molar-refractivity contribution is 0.711. The topological polar surface area (TPSA) is 37.2 Å². The first kappa shape index (κ1) is 18.5. The molecule has 6 heteroatoms. The van der Waals surface area contributed by atoms with E-state index in [4.69, 9.17) is 16.6 Å². The molecule has 0 unspecified atom stereocenters. The molecule has 2 aromatic carbocycles. The maximum atomic E-state index is 6.83. The predicted molar refractivity (Wildman–Crippen MR) is 125 cm³/mol. The summed E-state index contributed by atoms with van der Waals surface area (Å²) < 4.78 is 1.81. The standard InChI is InChI=1S/C25H22ClN5/c26-25-23(7-3-8-24(25)31-12-4-11-28-31)29-13-10-21-19(17-29)15-20(16-27-21)30-14-9-18-5-1-2-6-22(18)30/h1-8,11-12,15-16H,9-10,13-14,17H2. The minimum Gasteiger partial charge on any atom is -0.365 e. The first-order valence-electron chi connectivity index (χ1n) is 10.6. The molecule has 5 nitrogen and oxygen atoms in total. The van der Waals surface area contributed by atoms with E-state index in [0.29, 0.717) is 0 Å². The first-order valence-corrected chi connectivity index (χ1v) is 11.0. The molecular formula is C25H22ClN5. The van der Waals surface area contributed by atoms with Crippen molar-refractivity contribution >= 4 is 28.7 Å². The second-order valence-electron chi connectivity index (χ2n) is 8.06. The normalized spacial score (nSPS) is 15.1. The average Bonchev–Trinajstić information content (AvgIpc) is 3.49. The summed E-state index contributed by atoms with van der Waals surface area (Å²) in [6, 6.07) is 19.0. The van der Waals surface area contributed by atoms with Crippen LogP contribution in [0, 0.1) is 0 Å². The Bertz CT molecular complexity index is 1250. The smallest absolute Gasteiger partial charge is 0.0896 e. The average molecular weight is 428 g/mol. The zero-order valence-corrected chi connectivity index (χ0v) is 17.8. The highest BCUT2D eigenvalue weighted by Gasteiger charge is 2.24. The number of halogens is 1. The fourth-order valence-electron chi connectivity index (χ4n) is 4.71. The summed E-state index contributed by atoms with van der Waals surface area (Å²) in [7, 11) is 0. The second-order valence-corrected chi connectivity index (χ2v) is 8.44. The lowest BCUT2D eigenvalue weighted by Gasteiger charge is -2.32. The molecular weight excluding hydrogens is 406 g/mol. The zero-order chi connectivity index (χ0) is 20.8. The summed E-state index contributed by atoms with van der Waals surface area (Å²) in [6.07, 6.45) is 7.70. The van der Waals surface area contributed by atoms with Crippen LogP contribution in [0.4, 0.5) is 17.1 Å². The van der Waals surface area contributed by atoms with Crippen molar-refractivity contribution < 1.29 is 0 Å². The van der Waals surface area contributed by atoms with E-state index in [1.807, 2.05) is 35.3 Å². The lowest BCUT2D eigenvalue weighted by atomic mass is 10.0. The van der Waals surface area contributed by atoms with Crippen LogP contribution in [0.25, 0.3) is 5.69 Å². The SMILES string of the molecule is Clc1c(N2CCc3ncc(N4CCc5ccccc54)cc3C2)cccc1-n1cccn1. The van der Waals surface area contributed by atoms with E-state index in [0.717, 1.165) is 48.9 Å². The van der Waals surface area contributed by atoms with Crippen molar-refractivity contribution in [1.82, 2.24) is 14.8 Å². The Morgan fingerprint density at radius 3 is 2.61 bits per heavy atom. The monoisotopic (exact) mass is 427 g/mol. The van der Waals surface area contributed by atoms with Crippen molar-refractivity contribution in [2.75, 3.05) is 22.9 Å². The van der Waals surface area contributed by atoms with Gasteiger partial charge in [0.2, 0.25) is 0 Å². The van der Waals surface area contributed by atoms with Crippen LogP contribution in [-0.4, -0.2) is 27.9 Å². The number of anilines is 3. The number of benzene rings is 2. The van der Waals surface area contributed by atoms with E-state index in [2.05, 4.69) is 51.3 Å². The molecule has 0 atom stereocenters. The molecule has 4 aromatic rings. The van der Waals surface area contributed by atoms with Crippen LogP contribution in [0.1, 0.15) is 16.8 Å². The van der Waals surface area contributed by atoms with Crippen molar-refractivity contribution in [1.29, 1.82) is 0 Å². The van der Waals surface area contributed by atoms with Gasteiger partial charge in [-0.15, -0.1) is 0 Å². The predicted octanol–water partition coefficient (Wildman–Crippen LogP) is 5.18. The van der Waals surface area contributed by atoms with Gasteiger partial charge in [0.15, 0.2) is 0 Å².